The van der Waals surface area contributed by atoms with Crippen LogP contribution in [0.25, 0.3) is 0 Å². The van der Waals surface area contributed by atoms with Crippen LogP contribution in [-0.4, -0.2) is 42.3 Å². The third kappa shape index (κ3) is 4.44. The van der Waals surface area contributed by atoms with Gasteiger partial charge in [0.1, 0.15) is 0 Å². The predicted octanol–water partition coefficient (Wildman–Crippen LogP) is 2.23. The molecule has 0 spiro atoms. The Hall–Kier alpha value is -0.120. The van der Waals surface area contributed by atoms with Crippen LogP contribution in [0.5, 0.6) is 0 Å². The fourth-order valence-electron chi connectivity index (χ4n) is 4.03. The number of rotatable bonds is 5. The Kier molecular flexibility index (Phi) is 6.11. The van der Waals surface area contributed by atoms with Crippen LogP contribution >= 0.6 is 0 Å². The SMILES string of the molecule is CCC1CCC(N)C(CN2CCCC(CCO)C2)C1. The molecule has 3 heteroatoms. The predicted molar refractivity (Wildman–Crippen MR) is 80.0 cm³/mol. The lowest BCUT2D eigenvalue weighted by Crippen LogP contribution is -2.46. The van der Waals surface area contributed by atoms with E-state index in [4.69, 9.17) is 10.8 Å². The van der Waals surface area contributed by atoms with Crippen molar-refractivity contribution < 1.29 is 5.11 Å². The average molecular weight is 268 g/mol. The van der Waals surface area contributed by atoms with Crippen LogP contribution in [0.4, 0.5) is 0 Å². The highest BCUT2D eigenvalue weighted by atomic mass is 16.3. The molecule has 1 aliphatic heterocycles. The summed E-state index contributed by atoms with van der Waals surface area (Å²) in [5.74, 6) is 2.31. The van der Waals surface area contributed by atoms with E-state index in [2.05, 4.69) is 11.8 Å². The van der Waals surface area contributed by atoms with Crippen molar-refractivity contribution in [2.45, 2.75) is 57.9 Å². The number of aliphatic hydroxyl groups is 1. The van der Waals surface area contributed by atoms with Gasteiger partial charge < -0.3 is 15.7 Å². The molecule has 2 rings (SSSR count). The van der Waals surface area contributed by atoms with Crippen LogP contribution in [0.3, 0.4) is 0 Å². The van der Waals surface area contributed by atoms with Crippen molar-refractivity contribution in [3.05, 3.63) is 0 Å². The minimum atomic E-state index is 0.347. The number of hydrogen-bond acceptors (Lipinski definition) is 3. The van der Waals surface area contributed by atoms with E-state index in [1.54, 1.807) is 0 Å². The molecule has 112 valence electrons. The van der Waals surface area contributed by atoms with Gasteiger partial charge in [-0.15, -0.1) is 0 Å². The fraction of sp³-hybridized carbons (Fsp3) is 1.00. The molecular formula is C16H32N2O. The zero-order valence-electron chi connectivity index (χ0n) is 12.6. The molecular weight excluding hydrogens is 236 g/mol. The van der Waals surface area contributed by atoms with Crippen LogP contribution in [-0.2, 0) is 0 Å². The summed E-state index contributed by atoms with van der Waals surface area (Å²) in [5.41, 5.74) is 6.34. The van der Waals surface area contributed by atoms with E-state index in [-0.39, 0.29) is 0 Å². The lowest BCUT2D eigenvalue weighted by Gasteiger charge is -2.40. The second-order valence-corrected chi connectivity index (χ2v) is 6.79. The van der Waals surface area contributed by atoms with Gasteiger partial charge in [0.15, 0.2) is 0 Å². The molecule has 0 aromatic heterocycles. The number of hydrogen-bond donors (Lipinski definition) is 2. The largest absolute Gasteiger partial charge is 0.396 e. The standard InChI is InChI=1S/C16H32N2O/c1-2-13-5-6-16(17)15(10-13)12-18-8-3-4-14(11-18)7-9-19/h13-16,19H,2-12,17H2,1H3. The second kappa shape index (κ2) is 7.61. The fourth-order valence-corrected chi connectivity index (χ4v) is 4.03. The van der Waals surface area contributed by atoms with Gasteiger partial charge >= 0.3 is 0 Å². The summed E-state index contributed by atoms with van der Waals surface area (Å²) in [6.07, 6.45) is 8.77. The molecule has 1 saturated carbocycles. The third-order valence-electron chi connectivity index (χ3n) is 5.36. The van der Waals surface area contributed by atoms with Crippen LogP contribution in [0.15, 0.2) is 0 Å². The van der Waals surface area contributed by atoms with E-state index in [9.17, 15) is 0 Å². The van der Waals surface area contributed by atoms with Gasteiger partial charge in [-0.25, -0.2) is 0 Å². The molecule has 4 atom stereocenters. The zero-order chi connectivity index (χ0) is 13.7. The molecule has 0 aromatic carbocycles. The van der Waals surface area contributed by atoms with Gasteiger partial charge in [0, 0.05) is 25.7 Å². The molecule has 2 fully saturated rings. The van der Waals surface area contributed by atoms with Gasteiger partial charge in [0.25, 0.3) is 0 Å². The van der Waals surface area contributed by atoms with Crippen molar-refractivity contribution in [2.75, 3.05) is 26.2 Å². The Morgan fingerprint density at radius 1 is 1.21 bits per heavy atom. The summed E-state index contributed by atoms with van der Waals surface area (Å²) in [4.78, 5) is 2.62. The molecule has 0 bridgehead atoms. The Morgan fingerprint density at radius 2 is 2.05 bits per heavy atom. The van der Waals surface area contributed by atoms with E-state index in [0.29, 0.717) is 24.5 Å². The minimum Gasteiger partial charge on any atom is -0.396 e. The molecule has 19 heavy (non-hydrogen) atoms. The summed E-state index contributed by atoms with van der Waals surface area (Å²) in [6.45, 7) is 6.28. The molecule has 0 aromatic rings. The highest BCUT2D eigenvalue weighted by Gasteiger charge is 2.30. The van der Waals surface area contributed by atoms with Gasteiger partial charge in [-0.3, -0.25) is 0 Å². The minimum absolute atomic E-state index is 0.347. The third-order valence-corrected chi connectivity index (χ3v) is 5.36. The first-order valence-corrected chi connectivity index (χ1v) is 8.31. The molecule has 0 amide bonds. The summed E-state index contributed by atoms with van der Waals surface area (Å²) >= 11 is 0. The lowest BCUT2D eigenvalue weighted by molar-refractivity contribution is 0.104. The Morgan fingerprint density at radius 3 is 2.79 bits per heavy atom. The maximum absolute atomic E-state index is 9.10. The average Bonchev–Trinajstić information content (AvgIpc) is 2.42. The summed E-state index contributed by atoms with van der Waals surface area (Å²) in [5, 5.41) is 9.10. The van der Waals surface area contributed by atoms with E-state index >= 15 is 0 Å². The topological polar surface area (TPSA) is 49.5 Å². The molecule has 3 nitrogen and oxygen atoms in total. The Bertz CT molecular complexity index is 257. The first-order chi connectivity index (χ1) is 9.22. The molecule has 2 aliphatic rings. The van der Waals surface area contributed by atoms with Crippen LogP contribution in [0.2, 0.25) is 0 Å². The van der Waals surface area contributed by atoms with Gasteiger partial charge in [-0.1, -0.05) is 13.3 Å². The quantitative estimate of drug-likeness (QED) is 0.804. The first kappa shape index (κ1) is 15.3. The van der Waals surface area contributed by atoms with Gasteiger partial charge in [0.2, 0.25) is 0 Å². The smallest absolute Gasteiger partial charge is 0.0434 e. The summed E-state index contributed by atoms with van der Waals surface area (Å²) < 4.78 is 0. The van der Waals surface area contributed by atoms with Crippen molar-refractivity contribution in [3.8, 4) is 0 Å². The molecule has 1 heterocycles. The Labute approximate surface area is 118 Å². The van der Waals surface area contributed by atoms with Crippen molar-refractivity contribution >= 4 is 0 Å². The van der Waals surface area contributed by atoms with Crippen molar-refractivity contribution in [3.63, 3.8) is 0 Å². The number of likely N-dealkylation sites (tertiary alicyclic amines) is 1. The number of piperidine rings is 1. The zero-order valence-corrected chi connectivity index (χ0v) is 12.6. The maximum atomic E-state index is 9.10. The lowest BCUT2D eigenvalue weighted by atomic mass is 9.77. The van der Waals surface area contributed by atoms with E-state index in [1.807, 2.05) is 0 Å². The van der Waals surface area contributed by atoms with Gasteiger partial charge in [-0.2, -0.15) is 0 Å². The van der Waals surface area contributed by atoms with Crippen LogP contribution in [0.1, 0.15) is 51.9 Å². The summed E-state index contributed by atoms with van der Waals surface area (Å²) in [7, 11) is 0. The van der Waals surface area contributed by atoms with Gasteiger partial charge in [-0.05, 0) is 62.8 Å². The molecule has 1 aliphatic carbocycles. The molecule has 0 radical (unpaired) electrons. The highest BCUT2D eigenvalue weighted by molar-refractivity contribution is 4.85. The molecule has 1 saturated heterocycles. The Balaban J connectivity index is 1.81. The van der Waals surface area contributed by atoms with Gasteiger partial charge in [0.05, 0.1) is 0 Å². The number of nitrogens with two attached hydrogens (primary N) is 1. The van der Waals surface area contributed by atoms with Crippen LogP contribution in [0, 0.1) is 17.8 Å². The van der Waals surface area contributed by atoms with E-state index in [1.165, 1.54) is 58.2 Å². The monoisotopic (exact) mass is 268 g/mol. The highest BCUT2D eigenvalue weighted by Crippen LogP contribution is 2.32. The normalized spacial score (nSPS) is 37.4. The van der Waals surface area contributed by atoms with Crippen molar-refractivity contribution in [1.29, 1.82) is 0 Å². The van der Waals surface area contributed by atoms with Crippen LogP contribution < -0.4 is 5.73 Å². The first-order valence-electron chi connectivity index (χ1n) is 8.31. The summed E-state index contributed by atoms with van der Waals surface area (Å²) in [6, 6.07) is 0.418. The molecule has 3 N–H and O–H groups in total. The molecule has 4 unspecified atom stereocenters. The van der Waals surface area contributed by atoms with Crippen molar-refractivity contribution in [2.24, 2.45) is 23.5 Å². The second-order valence-electron chi connectivity index (χ2n) is 6.79. The number of aliphatic hydroxyl groups excluding tert-OH is 1. The van der Waals surface area contributed by atoms with Crippen molar-refractivity contribution in [1.82, 2.24) is 4.90 Å². The maximum Gasteiger partial charge on any atom is 0.0434 e. The number of nitrogens with zero attached hydrogens (tertiary/aromatic N) is 1. The van der Waals surface area contributed by atoms with E-state index < -0.39 is 0 Å². The van der Waals surface area contributed by atoms with E-state index in [0.717, 1.165) is 12.3 Å².